The first-order valence-corrected chi connectivity index (χ1v) is 5.84. The van der Waals surface area contributed by atoms with Crippen molar-refractivity contribution in [3.8, 4) is 17.0 Å². The molecule has 0 bridgehead atoms. The van der Waals surface area contributed by atoms with Crippen molar-refractivity contribution in [1.82, 2.24) is 9.97 Å². The largest absolute Gasteiger partial charge is 0.491 e. The summed E-state index contributed by atoms with van der Waals surface area (Å²) in [5.74, 6) is 0.569. The highest BCUT2D eigenvalue weighted by atomic mass is 19.1. The molecule has 18 heavy (non-hydrogen) atoms. The van der Waals surface area contributed by atoms with E-state index < -0.39 is 0 Å². The third kappa shape index (κ3) is 2.47. The lowest BCUT2D eigenvalue weighted by Crippen LogP contribution is -1.97. The quantitative estimate of drug-likeness (QED) is 0.833. The minimum absolute atomic E-state index is 0.268. The van der Waals surface area contributed by atoms with E-state index in [0.717, 1.165) is 16.8 Å². The van der Waals surface area contributed by atoms with Crippen LogP contribution in [0.4, 0.5) is 4.39 Å². The second kappa shape index (κ2) is 5.12. The van der Waals surface area contributed by atoms with E-state index in [2.05, 4.69) is 9.97 Å². The molecule has 4 heteroatoms. The number of halogens is 1. The molecule has 0 amide bonds. The Morgan fingerprint density at radius 3 is 2.72 bits per heavy atom. The molecule has 0 aliphatic heterocycles. The van der Waals surface area contributed by atoms with Gasteiger partial charge in [0.15, 0.2) is 11.6 Å². The van der Waals surface area contributed by atoms with E-state index in [1.807, 2.05) is 26.8 Å². The van der Waals surface area contributed by atoms with Gasteiger partial charge in [-0.15, -0.1) is 0 Å². The van der Waals surface area contributed by atoms with Gasteiger partial charge >= 0.3 is 0 Å². The van der Waals surface area contributed by atoms with Crippen LogP contribution in [0.15, 0.2) is 24.4 Å². The van der Waals surface area contributed by atoms with Gasteiger partial charge in [-0.3, -0.25) is 0 Å². The molecular formula is C14H15FN2O. The summed E-state index contributed by atoms with van der Waals surface area (Å²) in [6, 6.07) is 4.88. The second-order valence-electron chi connectivity index (χ2n) is 4.03. The lowest BCUT2D eigenvalue weighted by atomic mass is 10.1. The van der Waals surface area contributed by atoms with Gasteiger partial charge in [0.25, 0.3) is 0 Å². The molecule has 2 rings (SSSR count). The second-order valence-corrected chi connectivity index (χ2v) is 4.03. The highest BCUT2D eigenvalue weighted by Gasteiger charge is 2.09. The molecule has 1 aromatic heterocycles. The van der Waals surface area contributed by atoms with Gasteiger partial charge in [0.2, 0.25) is 0 Å². The summed E-state index contributed by atoms with van der Waals surface area (Å²) in [6.45, 7) is 5.99. The van der Waals surface area contributed by atoms with Crippen LogP contribution in [0.1, 0.15) is 18.3 Å². The van der Waals surface area contributed by atoms with E-state index in [0.29, 0.717) is 12.4 Å². The van der Waals surface area contributed by atoms with Crippen LogP contribution in [0.25, 0.3) is 11.3 Å². The summed E-state index contributed by atoms with van der Waals surface area (Å²) in [5, 5.41) is 0. The van der Waals surface area contributed by atoms with Crippen molar-refractivity contribution >= 4 is 0 Å². The third-order valence-electron chi connectivity index (χ3n) is 2.60. The molecule has 0 saturated heterocycles. The Kier molecular flexibility index (Phi) is 3.55. The molecule has 0 atom stereocenters. The van der Waals surface area contributed by atoms with Crippen LogP contribution < -0.4 is 4.74 Å². The molecule has 3 nitrogen and oxygen atoms in total. The maximum atomic E-state index is 13.8. The van der Waals surface area contributed by atoms with Crippen LogP contribution in [0, 0.1) is 19.7 Å². The molecule has 0 N–H and O–H groups in total. The Hall–Kier alpha value is -1.97. The van der Waals surface area contributed by atoms with E-state index in [1.54, 1.807) is 12.3 Å². The molecule has 0 saturated carbocycles. The number of ether oxygens (including phenoxy) is 1. The average molecular weight is 246 g/mol. The minimum atomic E-state index is -0.370. The lowest BCUT2D eigenvalue weighted by molar-refractivity contribution is 0.321. The average Bonchev–Trinajstić information content (AvgIpc) is 2.35. The maximum Gasteiger partial charge on any atom is 0.165 e. The summed E-state index contributed by atoms with van der Waals surface area (Å²) < 4.78 is 19.0. The van der Waals surface area contributed by atoms with Gasteiger partial charge in [0.1, 0.15) is 5.82 Å². The fourth-order valence-corrected chi connectivity index (χ4v) is 1.74. The first-order chi connectivity index (χ1) is 8.61. The van der Waals surface area contributed by atoms with Crippen LogP contribution in [0.3, 0.4) is 0 Å². The molecule has 0 radical (unpaired) electrons. The van der Waals surface area contributed by atoms with Gasteiger partial charge in [-0.1, -0.05) is 0 Å². The minimum Gasteiger partial charge on any atom is -0.491 e. The summed E-state index contributed by atoms with van der Waals surface area (Å²) in [7, 11) is 0. The first kappa shape index (κ1) is 12.5. The van der Waals surface area contributed by atoms with E-state index >= 15 is 0 Å². The Balaban J connectivity index is 2.45. The molecule has 94 valence electrons. The highest BCUT2D eigenvalue weighted by Crippen LogP contribution is 2.26. The van der Waals surface area contributed by atoms with Crippen molar-refractivity contribution < 1.29 is 9.13 Å². The molecular weight excluding hydrogens is 231 g/mol. The summed E-state index contributed by atoms with van der Waals surface area (Å²) in [4.78, 5) is 8.45. The summed E-state index contributed by atoms with van der Waals surface area (Å²) >= 11 is 0. The lowest BCUT2D eigenvalue weighted by Gasteiger charge is -2.08. The van der Waals surface area contributed by atoms with Crippen molar-refractivity contribution in [3.63, 3.8) is 0 Å². The monoisotopic (exact) mass is 246 g/mol. The maximum absolute atomic E-state index is 13.8. The molecule has 2 aromatic rings. The zero-order chi connectivity index (χ0) is 13.1. The number of benzene rings is 1. The van der Waals surface area contributed by atoms with Gasteiger partial charge in [-0.2, -0.15) is 0 Å². The molecule has 0 fully saturated rings. The topological polar surface area (TPSA) is 35.0 Å². The van der Waals surface area contributed by atoms with Crippen molar-refractivity contribution in [2.45, 2.75) is 20.8 Å². The standard InChI is InChI=1S/C14H15FN2O/c1-4-18-13-6-5-11(7-12(13)15)14-9(2)8-16-10(3)17-14/h5-8H,4H2,1-3H3. The number of rotatable bonds is 3. The normalized spacial score (nSPS) is 10.4. The van der Waals surface area contributed by atoms with E-state index in [-0.39, 0.29) is 11.6 Å². The predicted octanol–water partition coefficient (Wildman–Crippen LogP) is 3.30. The predicted molar refractivity (Wildman–Crippen MR) is 68.1 cm³/mol. The van der Waals surface area contributed by atoms with Gasteiger partial charge < -0.3 is 4.74 Å². The number of aromatic nitrogens is 2. The molecule has 0 unspecified atom stereocenters. The van der Waals surface area contributed by atoms with Gasteiger partial charge in [-0.25, -0.2) is 14.4 Å². The Bertz CT molecular complexity index is 570. The fourth-order valence-electron chi connectivity index (χ4n) is 1.74. The first-order valence-electron chi connectivity index (χ1n) is 5.84. The van der Waals surface area contributed by atoms with Crippen molar-refractivity contribution in [2.75, 3.05) is 6.61 Å². The summed E-state index contributed by atoms with van der Waals surface area (Å²) in [6.07, 6.45) is 1.74. The molecule has 0 aliphatic rings. The van der Waals surface area contributed by atoms with Crippen molar-refractivity contribution in [2.24, 2.45) is 0 Å². The zero-order valence-corrected chi connectivity index (χ0v) is 10.7. The molecule has 1 aromatic carbocycles. The zero-order valence-electron chi connectivity index (χ0n) is 10.7. The van der Waals surface area contributed by atoms with Crippen LogP contribution in [0.2, 0.25) is 0 Å². The third-order valence-corrected chi connectivity index (χ3v) is 2.60. The van der Waals surface area contributed by atoms with Crippen LogP contribution >= 0.6 is 0 Å². The van der Waals surface area contributed by atoms with Crippen LogP contribution in [-0.4, -0.2) is 16.6 Å². The number of aryl methyl sites for hydroxylation is 2. The molecule has 1 heterocycles. The van der Waals surface area contributed by atoms with Crippen molar-refractivity contribution in [1.29, 1.82) is 0 Å². The van der Waals surface area contributed by atoms with Gasteiger partial charge in [0.05, 0.1) is 12.3 Å². The van der Waals surface area contributed by atoms with E-state index in [1.165, 1.54) is 6.07 Å². The Morgan fingerprint density at radius 2 is 2.06 bits per heavy atom. The highest BCUT2D eigenvalue weighted by molar-refractivity contribution is 5.63. The molecule has 0 aliphatic carbocycles. The van der Waals surface area contributed by atoms with Gasteiger partial charge in [0, 0.05) is 11.8 Å². The smallest absolute Gasteiger partial charge is 0.165 e. The van der Waals surface area contributed by atoms with E-state index in [9.17, 15) is 4.39 Å². The summed E-state index contributed by atoms with van der Waals surface area (Å²) in [5.41, 5.74) is 2.41. The SMILES string of the molecule is CCOc1ccc(-c2nc(C)ncc2C)cc1F. The van der Waals surface area contributed by atoms with Crippen LogP contribution in [0.5, 0.6) is 5.75 Å². The van der Waals surface area contributed by atoms with E-state index in [4.69, 9.17) is 4.74 Å². The number of hydrogen-bond acceptors (Lipinski definition) is 3. The number of hydrogen-bond donors (Lipinski definition) is 0. The van der Waals surface area contributed by atoms with Crippen molar-refractivity contribution in [3.05, 3.63) is 41.6 Å². The van der Waals surface area contributed by atoms with Crippen LogP contribution in [-0.2, 0) is 0 Å². The van der Waals surface area contributed by atoms with Gasteiger partial charge in [-0.05, 0) is 44.5 Å². The Morgan fingerprint density at radius 1 is 1.28 bits per heavy atom. The molecule has 0 spiro atoms. The Labute approximate surface area is 106 Å². The fraction of sp³-hybridized carbons (Fsp3) is 0.286. The number of nitrogens with zero attached hydrogens (tertiary/aromatic N) is 2.